The van der Waals surface area contributed by atoms with Gasteiger partial charge in [0.2, 0.25) is 10.0 Å². The lowest BCUT2D eigenvalue weighted by Gasteiger charge is -2.17. The Morgan fingerprint density at radius 1 is 1.24 bits per heavy atom. The minimum absolute atomic E-state index is 0.0304. The quantitative estimate of drug-likeness (QED) is 0.571. The number of nitrogens with two attached hydrogens (primary N) is 1. The molecule has 1 rings (SSSR count). The van der Waals surface area contributed by atoms with Crippen molar-refractivity contribution in [3.8, 4) is 0 Å². The normalized spacial score (nSPS) is 15.5. The van der Waals surface area contributed by atoms with Gasteiger partial charge in [0.1, 0.15) is 6.10 Å². The number of sulfonamides is 1. The fraction of sp³-hybridized carbons (Fsp3) is 0.400. The lowest BCUT2D eigenvalue weighted by Crippen LogP contribution is -2.19. The SMILES string of the molecule is NS(=O)(=O)c1ccc(C(O)C(O)CCS)cc1. The number of rotatable bonds is 5. The molecule has 96 valence electrons. The lowest BCUT2D eigenvalue weighted by atomic mass is 10.0. The van der Waals surface area contributed by atoms with E-state index in [0.717, 1.165) is 0 Å². The molecule has 1 aromatic carbocycles. The highest BCUT2D eigenvalue weighted by Gasteiger charge is 2.18. The van der Waals surface area contributed by atoms with Crippen molar-refractivity contribution in [2.24, 2.45) is 5.14 Å². The molecule has 4 N–H and O–H groups in total. The molecule has 0 aliphatic rings. The van der Waals surface area contributed by atoms with E-state index in [9.17, 15) is 18.6 Å². The first-order valence-electron chi connectivity index (χ1n) is 4.96. The zero-order valence-corrected chi connectivity index (χ0v) is 10.7. The number of hydrogen-bond acceptors (Lipinski definition) is 5. The van der Waals surface area contributed by atoms with Crippen LogP contribution in [-0.4, -0.2) is 30.5 Å². The van der Waals surface area contributed by atoms with E-state index in [1.165, 1.54) is 24.3 Å². The fourth-order valence-electron chi connectivity index (χ4n) is 1.37. The third kappa shape index (κ3) is 3.97. The third-order valence-electron chi connectivity index (χ3n) is 2.34. The van der Waals surface area contributed by atoms with Gasteiger partial charge in [-0.3, -0.25) is 0 Å². The first kappa shape index (κ1) is 14.5. The van der Waals surface area contributed by atoms with Gasteiger partial charge < -0.3 is 10.2 Å². The van der Waals surface area contributed by atoms with E-state index in [-0.39, 0.29) is 4.90 Å². The van der Waals surface area contributed by atoms with Crippen LogP contribution in [0.3, 0.4) is 0 Å². The molecule has 0 radical (unpaired) electrons. The molecule has 17 heavy (non-hydrogen) atoms. The van der Waals surface area contributed by atoms with Gasteiger partial charge in [-0.25, -0.2) is 13.6 Å². The molecule has 2 unspecified atom stereocenters. The van der Waals surface area contributed by atoms with Crippen LogP contribution in [0.2, 0.25) is 0 Å². The highest BCUT2D eigenvalue weighted by atomic mass is 32.2. The molecule has 0 aliphatic heterocycles. The fourth-order valence-corrected chi connectivity index (χ4v) is 2.15. The molecular formula is C10H15NO4S2. The van der Waals surface area contributed by atoms with E-state index >= 15 is 0 Å². The molecule has 0 bridgehead atoms. The van der Waals surface area contributed by atoms with Crippen LogP contribution in [0.5, 0.6) is 0 Å². The minimum atomic E-state index is -3.73. The molecule has 0 fully saturated rings. The van der Waals surface area contributed by atoms with Crippen LogP contribution < -0.4 is 5.14 Å². The maximum absolute atomic E-state index is 11.0. The average molecular weight is 277 g/mol. The van der Waals surface area contributed by atoms with Crippen molar-refractivity contribution in [1.29, 1.82) is 0 Å². The van der Waals surface area contributed by atoms with Gasteiger partial charge in [0.25, 0.3) is 0 Å². The molecule has 0 aliphatic carbocycles. The number of aliphatic hydroxyl groups is 2. The highest BCUT2D eigenvalue weighted by Crippen LogP contribution is 2.20. The van der Waals surface area contributed by atoms with Crippen LogP contribution in [-0.2, 0) is 10.0 Å². The van der Waals surface area contributed by atoms with Crippen LogP contribution in [0.1, 0.15) is 18.1 Å². The standard InChI is InChI=1S/C10H15NO4S2/c11-17(14,15)8-3-1-7(2-4-8)10(13)9(12)5-6-16/h1-4,9-10,12-13,16H,5-6H2,(H2,11,14,15). The second-order valence-electron chi connectivity index (χ2n) is 3.64. The topological polar surface area (TPSA) is 101 Å². The van der Waals surface area contributed by atoms with Crippen molar-refractivity contribution < 1.29 is 18.6 Å². The molecule has 0 amide bonds. The first-order valence-corrected chi connectivity index (χ1v) is 7.14. The van der Waals surface area contributed by atoms with Crippen LogP contribution >= 0.6 is 12.6 Å². The Balaban J connectivity index is 2.88. The summed E-state index contributed by atoms with van der Waals surface area (Å²) in [5.74, 6) is 0.452. The second-order valence-corrected chi connectivity index (χ2v) is 5.65. The number of primary sulfonamides is 1. The Bertz CT molecular complexity index is 458. The molecule has 5 nitrogen and oxygen atoms in total. The van der Waals surface area contributed by atoms with E-state index in [1.807, 2.05) is 0 Å². The molecule has 0 heterocycles. The summed E-state index contributed by atoms with van der Waals surface area (Å²) in [7, 11) is -3.73. The van der Waals surface area contributed by atoms with Crippen LogP contribution in [0.4, 0.5) is 0 Å². The number of thiol groups is 1. The van der Waals surface area contributed by atoms with E-state index in [0.29, 0.717) is 17.7 Å². The Kier molecular flexibility index (Phi) is 4.96. The van der Waals surface area contributed by atoms with Gasteiger partial charge in [0, 0.05) is 0 Å². The van der Waals surface area contributed by atoms with Crippen molar-refractivity contribution >= 4 is 22.7 Å². The predicted molar refractivity (Wildman–Crippen MR) is 67.3 cm³/mol. The zero-order valence-electron chi connectivity index (χ0n) is 9.02. The zero-order chi connectivity index (χ0) is 13.1. The van der Waals surface area contributed by atoms with Crippen molar-refractivity contribution in [3.05, 3.63) is 29.8 Å². The van der Waals surface area contributed by atoms with Gasteiger partial charge in [-0.2, -0.15) is 12.6 Å². The average Bonchev–Trinajstić information content (AvgIpc) is 2.27. The highest BCUT2D eigenvalue weighted by molar-refractivity contribution is 7.89. The van der Waals surface area contributed by atoms with E-state index in [2.05, 4.69) is 12.6 Å². The molecule has 7 heteroatoms. The number of hydrogen-bond donors (Lipinski definition) is 4. The molecule has 0 aromatic heterocycles. The monoisotopic (exact) mass is 277 g/mol. The van der Waals surface area contributed by atoms with Gasteiger partial charge >= 0.3 is 0 Å². The molecule has 1 aromatic rings. The molecule has 0 saturated carbocycles. The van der Waals surface area contributed by atoms with Gasteiger partial charge in [0.15, 0.2) is 0 Å². The van der Waals surface area contributed by atoms with Crippen LogP contribution in [0.25, 0.3) is 0 Å². The Hall–Kier alpha value is -0.600. The van der Waals surface area contributed by atoms with Crippen molar-refractivity contribution in [2.45, 2.75) is 23.5 Å². The first-order chi connectivity index (χ1) is 7.86. The molecule has 2 atom stereocenters. The maximum Gasteiger partial charge on any atom is 0.238 e. The Morgan fingerprint density at radius 2 is 1.76 bits per heavy atom. The van der Waals surface area contributed by atoms with E-state index in [1.54, 1.807) is 0 Å². The predicted octanol–water partition coefficient (Wildman–Crippen LogP) is 0.0482. The van der Waals surface area contributed by atoms with E-state index < -0.39 is 22.2 Å². The smallest absolute Gasteiger partial charge is 0.238 e. The van der Waals surface area contributed by atoms with E-state index in [4.69, 9.17) is 5.14 Å². The largest absolute Gasteiger partial charge is 0.390 e. The van der Waals surface area contributed by atoms with Gasteiger partial charge in [0.05, 0.1) is 11.0 Å². The summed E-state index contributed by atoms with van der Waals surface area (Å²) in [4.78, 5) is -0.0304. The summed E-state index contributed by atoms with van der Waals surface area (Å²) in [6.07, 6.45) is -1.63. The minimum Gasteiger partial charge on any atom is -0.390 e. The second kappa shape index (κ2) is 5.83. The van der Waals surface area contributed by atoms with Gasteiger partial charge in [-0.1, -0.05) is 12.1 Å². The third-order valence-corrected chi connectivity index (χ3v) is 3.53. The van der Waals surface area contributed by atoms with Crippen molar-refractivity contribution in [1.82, 2.24) is 0 Å². The number of aliphatic hydroxyl groups excluding tert-OH is 2. The summed E-state index contributed by atoms with van der Waals surface area (Å²) in [6.45, 7) is 0. The van der Waals surface area contributed by atoms with Crippen molar-refractivity contribution in [3.63, 3.8) is 0 Å². The van der Waals surface area contributed by atoms with Gasteiger partial charge in [-0.15, -0.1) is 0 Å². The Labute approximate surface area is 106 Å². The number of benzene rings is 1. The van der Waals surface area contributed by atoms with Crippen molar-refractivity contribution in [2.75, 3.05) is 5.75 Å². The molecule has 0 saturated heterocycles. The summed E-state index contributed by atoms with van der Waals surface area (Å²) < 4.78 is 22.0. The maximum atomic E-state index is 11.0. The molecule has 0 spiro atoms. The lowest BCUT2D eigenvalue weighted by molar-refractivity contribution is 0.0172. The summed E-state index contributed by atoms with van der Waals surface area (Å²) in [5, 5.41) is 24.2. The summed E-state index contributed by atoms with van der Waals surface area (Å²) in [6, 6.07) is 5.43. The summed E-state index contributed by atoms with van der Waals surface area (Å²) in [5.41, 5.74) is 0.437. The Morgan fingerprint density at radius 3 is 2.18 bits per heavy atom. The van der Waals surface area contributed by atoms with Gasteiger partial charge in [-0.05, 0) is 29.9 Å². The molecular weight excluding hydrogens is 262 g/mol. The van der Waals surface area contributed by atoms with Crippen LogP contribution in [0.15, 0.2) is 29.2 Å². The van der Waals surface area contributed by atoms with Crippen LogP contribution in [0, 0.1) is 0 Å². The summed E-state index contributed by atoms with van der Waals surface area (Å²) >= 11 is 3.95.